The predicted molar refractivity (Wildman–Crippen MR) is 130 cm³/mol. The molecule has 13 heteroatoms. The first-order chi connectivity index (χ1) is 18.2. The third-order valence-electron chi connectivity index (χ3n) is 7.54. The van der Waals surface area contributed by atoms with Crippen LogP contribution in [0.15, 0.2) is 18.2 Å². The van der Waals surface area contributed by atoms with Crippen LogP contribution in [0.25, 0.3) is 0 Å². The van der Waals surface area contributed by atoms with Crippen LogP contribution >= 0.6 is 0 Å². The van der Waals surface area contributed by atoms with E-state index in [0.717, 1.165) is 6.42 Å². The van der Waals surface area contributed by atoms with Gasteiger partial charge >= 0.3 is 18.4 Å². The molecule has 3 amide bonds. The number of halogens is 6. The van der Waals surface area contributed by atoms with Crippen molar-refractivity contribution in [1.82, 2.24) is 14.7 Å². The fourth-order valence-electron chi connectivity index (χ4n) is 5.48. The molecule has 39 heavy (non-hydrogen) atoms. The number of carbonyl (C=O) groups is 2. The van der Waals surface area contributed by atoms with E-state index < -0.39 is 59.6 Å². The van der Waals surface area contributed by atoms with E-state index in [1.54, 1.807) is 6.92 Å². The summed E-state index contributed by atoms with van der Waals surface area (Å²) in [6.45, 7) is 7.05. The minimum atomic E-state index is -5.01. The second-order valence-electron chi connectivity index (χ2n) is 9.97. The molecule has 3 fully saturated rings. The summed E-state index contributed by atoms with van der Waals surface area (Å²) in [7, 11) is 0. The minimum Gasteiger partial charge on any atom is -0.322 e. The highest BCUT2D eigenvalue weighted by molar-refractivity contribution is 5.85. The molecule has 1 aliphatic carbocycles. The number of alkyl halides is 6. The molecular weight excluding hydrogens is 528 g/mol. The van der Waals surface area contributed by atoms with Crippen LogP contribution in [0.3, 0.4) is 0 Å². The number of carbonyl (C=O) groups excluding carboxylic acids is 2. The Kier molecular flexibility index (Phi) is 8.79. The van der Waals surface area contributed by atoms with Crippen LogP contribution in [-0.4, -0.2) is 63.9 Å². The van der Waals surface area contributed by atoms with Gasteiger partial charge in [-0.25, -0.2) is 4.79 Å². The average molecular weight is 562 g/mol. The molecule has 6 unspecified atom stereocenters. The third-order valence-corrected chi connectivity index (χ3v) is 7.54. The summed E-state index contributed by atoms with van der Waals surface area (Å²) in [6.07, 6.45) is -8.24. The van der Waals surface area contributed by atoms with E-state index in [-0.39, 0.29) is 36.7 Å². The van der Waals surface area contributed by atoms with Crippen molar-refractivity contribution in [2.45, 2.75) is 89.5 Å². The molecule has 216 valence electrons. The Hall–Kier alpha value is -3.01. The summed E-state index contributed by atoms with van der Waals surface area (Å²) in [5.74, 6) is -0.166. The van der Waals surface area contributed by atoms with Gasteiger partial charge in [0.2, 0.25) is 5.91 Å². The van der Waals surface area contributed by atoms with Crippen molar-refractivity contribution >= 4 is 11.9 Å². The van der Waals surface area contributed by atoms with Crippen molar-refractivity contribution in [3.8, 4) is 6.07 Å². The summed E-state index contributed by atoms with van der Waals surface area (Å²) < 4.78 is 80.2. The highest BCUT2D eigenvalue weighted by Crippen LogP contribution is 2.48. The lowest BCUT2D eigenvalue weighted by Crippen LogP contribution is -2.52. The zero-order valence-electron chi connectivity index (χ0n) is 22.2. The van der Waals surface area contributed by atoms with E-state index in [2.05, 4.69) is 6.07 Å². The lowest BCUT2D eigenvalue weighted by molar-refractivity contribution is -0.143. The maximum Gasteiger partial charge on any atom is 0.416 e. The Balaban J connectivity index is 0.00000205. The molecule has 0 radical (unpaired) electrons. The number of nitriles is 1. The van der Waals surface area contributed by atoms with Gasteiger partial charge in [-0.3, -0.25) is 4.79 Å². The van der Waals surface area contributed by atoms with Crippen molar-refractivity contribution in [3.05, 3.63) is 34.9 Å². The zero-order chi connectivity index (χ0) is 29.4. The summed E-state index contributed by atoms with van der Waals surface area (Å²) in [6, 6.07) is -0.559. The minimum absolute atomic E-state index is 0.0267. The molecule has 6 atom stereocenters. The number of nitrogens with two attached hydrogens (primary N) is 1. The Morgan fingerprint density at radius 3 is 2.15 bits per heavy atom. The van der Waals surface area contributed by atoms with Crippen LogP contribution in [-0.2, 0) is 17.1 Å². The maximum atomic E-state index is 13.4. The average Bonchev–Trinajstić information content (AvgIpc) is 3.44. The van der Waals surface area contributed by atoms with Crippen molar-refractivity contribution in [2.75, 3.05) is 13.1 Å². The second kappa shape index (κ2) is 11.2. The first kappa shape index (κ1) is 30.5. The van der Waals surface area contributed by atoms with Crippen LogP contribution in [0.4, 0.5) is 31.1 Å². The molecule has 1 aromatic carbocycles. The highest BCUT2D eigenvalue weighted by Gasteiger charge is 2.55. The first-order valence-electron chi connectivity index (χ1n) is 13.0. The van der Waals surface area contributed by atoms with Gasteiger partial charge in [0.05, 0.1) is 29.3 Å². The Labute approximate surface area is 223 Å². The molecule has 1 aromatic rings. The number of rotatable bonds is 6. The van der Waals surface area contributed by atoms with Crippen LogP contribution in [0.5, 0.6) is 0 Å². The second-order valence-corrected chi connectivity index (χ2v) is 9.97. The summed E-state index contributed by atoms with van der Waals surface area (Å²) in [4.78, 5) is 30.3. The Bertz CT molecular complexity index is 1090. The SMILES string of the molecule is CC.CCC1CN(CC(N)C(=O)N2C(C#N)CC3CC32)C(=O)N1C(C)c1cc(C(F)(F)F)cc(C(F)(F)F)c1. The quantitative estimate of drug-likeness (QED) is 0.485. The van der Waals surface area contributed by atoms with Gasteiger partial charge in [-0.05, 0) is 55.9 Å². The lowest BCUT2D eigenvalue weighted by Gasteiger charge is -2.31. The van der Waals surface area contributed by atoms with Crippen molar-refractivity contribution < 1.29 is 35.9 Å². The van der Waals surface area contributed by atoms with Gasteiger partial charge in [0.25, 0.3) is 0 Å². The van der Waals surface area contributed by atoms with Crippen LogP contribution < -0.4 is 5.73 Å². The number of fused-ring (bicyclic) bond motifs is 1. The number of benzene rings is 1. The number of amides is 3. The number of hydrogen-bond donors (Lipinski definition) is 1. The highest BCUT2D eigenvalue weighted by atomic mass is 19.4. The van der Waals surface area contributed by atoms with Gasteiger partial charge in [0.15, 0.2) is 0 Å². The molecule has 7 nitrogen and oxygen atoms in total. The van der Waals surface area contributed by atoms with Crippen molar-refractivity contribution in [3.63, 3.8) is 0 Å². The Morgan fingerprint density at radius 1 is 1.10 bits per heavy atom. The molecule has 0 spiro atoms. The topological polar surface area (TPSA) is 93.7 Å². The first-order valence-corrected chi connectivity index (χ1v) is 13.0. The zero-order valence-corrected chi connectivity index (χ0v) is 22.2. The van der Waals surface area contributed by atoms with Crippen molar-refractivity contribution in [1.29, 1.82) is 5.26 Å². The lowest BCUT2D eigenvalue weighted by atomic mass is 9.98. The van der Waals surface area contributed by atoms with E-state index in [4.69, 9.17) is 5.73 Å². The molecule has 2 saturated heterocycles. The van der Waals surface area contributed by atoms with Gasteiger partial charge in [-0.2, -0.15) is 31.6 Å². The third kappa shape index (κ3) is 6.10. The monoisotopic (exact) mass is 561 g/mol. The standard InChI is InChI=1S/C24H27F6N5O2.C2H6/c1-3-17-10-33(11-19(32)21(36)35-18(9-31)6-14-7-20(14)35)22(37)34(17)12(2)13-4-15(23(25,26)27)8-16(5-13)24(28,29)30;1-2/h4-5,8,12,14,17-20H,3,6-7,10-11,32H2,1-2H3;1-2H3. The summed E-state index contributed by atoms with van der Waals surface area (Å²) in [5.41, 5.74) is 2.92. The van der Waals surface area contributed by atoms with E-state index in [9.17, 15) is 41.2 Å². The van der Waals surface area contributed by atoms with Gasteiger partial charge < -0.3 is 20.4 Å². The summed E-state index contributed by atoms with van der Waals surface area (Å²) in [5, 5.41) is 9.35. The molecule has 2 heterocycles. The van der Waals surface area contributed by atoms with E-state index in [0.29, 0.717) is 25.0 Å². The van der Waals surface area contributed by atoms with Crippen LogP contribution in [0, 0.1) is 17.2 Å². The smallest absolute Gasteiger partial charge is 0.322 e. The number of piperidine rings is 1. The van der Waals surface area contributed by atoms with Gasteiger partial charge in [-0.1, -0.05) is 20.8 Å². The van der Waals surface area contributed by atoms with E-state index in [1.165, 1.54) is 21.6 Å². The van der Waals surface area contributed by atoms with E-state index in [1.807, 2.05) is 13.8 Å². The van der Waals surface area contributed by atoms with Gasteiger partial charge in [0.1, 0.15) is 12.1 Å². The van der Waals surface area contributed by atoms with Crippen LogP contribution in [0.1, 0.15) is 69.7 Å². The molecule has 2 aliphatic heterocycles. The summed E-state index contributed by atoms with van der Waals surface area (Å²) >= 11 is 0. The fraction of sp³-hybridized carbons (Fsp3) is 0.654. The normalized spacial score (nSPS) is 26.0. The molecule has 2 N–H and O–H groups in total. The van der Waals surface area contributed by atoms with Crippen LogP contribution in [0.2, 0.25) is 0 Å². The largest absolute Gasteiger partial charge is 0.416 e. The molecule has 1 saturated carbocycles. The van der Waals surface area contributed by atoms with Crippen molar-refractivity contribution in [2.24, 2.45) is 11.7 Å². The molecular formula is C26H33F6N5O2. The van der Waals surface area contributed by atoms with Gasteiger partial charge in [0, 0.05) is 19.1 Å². The number of nitrogens with zero attached hydrogens (tertiary/aromatic N) is 4. The Morgan fingerprint density at radius 2 is 1.67 bits per heavy atom. The molecule has 0 aromatic heterocycles. The number of hydrogen-bond acceptors (Lipinski definition) is 4. The fourth-order valence-corrected chi connectivity index (χ4v) is 5.48. The maximum absolute atomic E-state index is 13.4. The predicted octanol–water partition coefficient (Wildman–Crippen LogP) is 5.17. The van der Waals surface area contributed by atoms with Gasteiger partial charge in [-0.15, -0.1) is 0 Å². The molecule has 0 bridgehead atoms. The molecule has 4 rings (SSSR count). The molecule has 3 aliphatic rings. The number of likely N-dealkylation sites (tertiary alicyclic amines) is 1. The van der Waals surface area contributed by atoms with E-state index >= 15 is 0 Å². The number of urea groups is 1.